The molecule has 0 spiro atoms. The van der Waals surface area contributed by atoms with Crippen LogP contribution in [0.5, 0.6) is 0 Å². The average Bonchev–Trinajstić information content (AvgIpc) is 3.04. The molecule has 0 unspecified atom stereocenters. The van der Waals surface area contributed by atoms with E-state index in [-0.39, 0.29) is 0 Å². The fourth-order valence-electron chi connectivity index (χ4n) is 3.23. The summed E-state index contributed by atoms with van der Waals surface area (Å²) in [5.41, 5.74) is 0. The number of halogens is 2. The summed E-state index contributed by atoms with van der Waals surface area (Å²) in [6.07, 6.45) is 4.98. The molecule has 0 aromatic rings. The predicted octanol–water partition coefficient (Wildman–Crippen LogP) is 3.42. The molecule has 0 bridgehead atoms. The molecule has 0 aromatic heterocycles. The molecule has 0 N–H and O–H groups in total. The molecule has 0 aromatic carbocycles. The van der Waals surface area contributed by atoms with Crippen molar-refractivity contribution in [1.82, 2.24) is 0 Å². The van der Waals surface area contributed by atoms with Gasteiger partial charge in [0.1, 0.15) is 0 Å². The smallest absolute Gasteiger partial charge is 0.0701 e. The van der Waals surface area contributed by atoms with Crippen LogP contribution in [0.1, 0.15) is 25.7 Å². The van der Waals surface area contributed by atoms with Crippen LogP contribution in [0.25, 0.3) is 0 Å². The van der Waals surface area contributed by atoms with Gasteiger partial charge in [0.2, 0.25) is 0 Å². The third-order valence-corrected chi connectivity index (χ3v) is 6.40. The van der Waals surface area contributed by atoms with Crippen molar-refractivity contribution in [3.8, 4) is 0 Å². The number of rotatable bonds is 41. The van der Waals surface area contributed by atoms with Crippen molar-refractivity contribution in [2.75, 3.05) is 169 Å². The van der Waals surface area contributed by atoms with Gasteiger partial charge in [0, 0.05) is 12.5 Å². The quantitative estimate of drug-likeness (QED) is 0.0516. The Morgan fingerprint density at radius 2 is 0.455 bits per heavy atom. The van der Waals surface area contributed by atoms with Crippen molar-refractivity contribution in [3.05, 3.63) is 0 Å². The molecule has 0 saturated carbocycles. The first-order valence-corrected chi connectivity index (χ1v) is 18.0. The standard InChI is InChI=1S/C30H60ClIO12/c31-5-8-34-10-12-36-14-16-38-18-20-40-22-24-42-26-28-44-30-29-43-27-25-41-23-21-39-19-17-37-15-13-35-11-9-33-7-4-2-1-3-6-32/h1-30H2. The highest BCUT2D eigenvalue weighted by Gasteiger charge is 1.97. The third-order valence-electron chi connectivity index (χ3n) is 5.49. The predicted molar refractivity (Wildman–Crippen MR) is 178 cm³/mol. The van der Waals surface area contributed by atoms with Crippen LogP contribution in [0.2, 0.25) is 0 Å². The van der Waals surface area contributed by atoms with E-state index >= 15 is 0 Å². The van der Waals surface area contributed by atoms with E-state index in [4.69, 9.17) is 68.4 Å². The Morgan fingerprint density at radius 3 is 0.682 bits per heavy atom. The van der Waals surface area contributed by atoms with Gasteiger partial charge in [-0.15, -0.1) is 11.6 Å². The van der Waals surface area contributed by atoms with Crippen LogP contribution in [0.4, 0.5) is 0 Å². The molecular formula is C30H60ClIO12. The first-order chi connectivity index (χ1) is 21.9. The lowest BCUT2D eigenvalue weighted by molar-refractivity contribution is -0.0282. The minimum Gasteiger partial charge on any atom is -0.379 e. The van der Waals surface area contributed by atoms with Crippen LogP contribution in [-0.2, 0) is 56.8 Å². The number of alkyl halides is 2. The van der Waals surface area contributed by atoms with Crippen molar-refractivity contribution in [2.24, 2.45) is 0 Å². The van der Waals surface area contributed by atoms with Gasteiger partial charge in [0.25, 0.3) is 0 Å². The Bertz CT molecular complexity index is 461. The zero-order valence-electron chi connectivity index (χ0n) is 26.9. The molecule has 44 heavy (non-hydrogen) atoms. The molecule has 0 atom stereocenters. The van der Waals surface area contributed by atoms with Gasteiger partial charge in [0.05, 0.1) is 152 Å². The van der Waals surface area contributed by atoms with Crippen molar-refractivity contribution in [1.29, 1.82) is 0 Å². The number of hydrogen-bond acceptors (Lipinski definition) is 12. The molecule has 0 amide bonds. The lowest BCUT2D eigenvalue weighted by Gasteiger charge is -2.09. The van der Waals surface area contributed by atoms with Crippen molar-refractivity contribution < 1.29 is 56.8 Å². The van der Waals surface area contributed by atoms with Gasteiger partial charge in [0.15, 0.2) is 0 Å². The van der Waals surface area contributed by atoms with Crippen molar-refractivity contribution >= 4 is 34.2 Å². The maximum Gasteiger partial charge on any atom is 0.0701 e. The Balaban J connectivity index is 3.03. The zero-order valence-corrected chi connectivity index (χ0v) is 29.8. The molecule has 0 aliphatic carbocycles. The number of unbranched alkanes of at least 4 members (excludes halogenated alkanes) is 3. The van der Waals surface area contributed by atoms with Crippen LogP contribution in [0.15, 0.2) is 0 Å². The van der Waals surface area contributed by atoms with E-state index in [9.17, 15) is 0 Å². The van der Waals surface area contributed by atoms with Crippen molar-refractivity contribution in [2.45, 2.75) is 25.7 Å². The summed E-state index contributed by atoms with van der Waals surface area (Å²) in [5, 5.41) is 0. The minimum absolute atomic E-state index is 0.499. The van der Waals surface area contributed by atoms with E-state index in [1.807, 2.05) is 0 Å². The van der Waals surface area contributed by atoms with E-state index in [1.165, 1.54) is 23.7 Å². The third kappa shape index (κ3) is 42.5. The van der Waals surface area contributed by atoms with Crippen LogP contribution in [0, 0.1) is 0 Å². The molecule has 0 radical (unpaired) electrons. The normalized spacial score (nSPS) is 11.6. The maximum atomic E-state index is 5.56. The highest BCUT2D eigenvalue weighted by Crippen LogP contribution is 2.02. The highest BCUT2D eigenvalue weighted by atomic mass is 127. The zero-order chi connectivity index (χ0) is 31.7. The van der Waals surface area contributed by atoms with Gasteiger partial charge in [-0.3, -0.25) is 0 Å². The van der Waals surface area contributed by atoms with E-state index in [0.29, 0.717) is 158 Å². The van der Waals surface area contributed by atoms with Crippen LogP contribution >= 0.6 is 34.2 Å². The van der Waals surface area contributed by atoms with Crippen LogP contribution < -0.4 is 0 Å². The molecule has 0 rings (SSSR count). The summed E-state index contributed by atoms with van der Waals surface area (Å²) in [6.45, 7) is 13.2. The fourth-order valence-corrected chi connectivity index (χ4v) is 3.88. The van der Waals surface area contributed by atoms with Crippen LogP contribution in [0.3, 0.4) is 0 Å². The first-order valence-electron chi connectivity index (χ1n) is 16.0. The van der Waals surface area contributed by atoms with Crippen LogP contribution in [-0.4, -0.2) is 169 Å². The molecule has 0 aliphatic heterocycles. The second kappa shape index (κ2) is 43.5. The van der Waals surface area contributed by atoms with Gasteiger partial charge in [-0.05, 0) is 17.3 Å². The molecular weight excluding hydrogens is 715 g/mol. The lowest BCUT2D eigenvalue weighted by Crippen LogP contribution is -2.15. The summed E-state index contributed by atoms with van der Waals surface area (Å²) in [7, 11) is 0. The van der Waals surface area contributed by atoms with E-state index in [2.05, 4.69) is 22.6 Å². The average molecular weight is 775 g/mol. The topological polar surface area (TPSA) is 111 Å². The second-order valence-electron chi connectivity index (χ2n) is 9.14. The lowest BCUT2D eigenvalue weighted by atomic mass is 10.2. The van der Waals surface area contributed by atoms with Gasteiger partial charge < -0.3 is 56.8 Å². The molecule has 0 saturated heterocycles. The number of ether oxygens (including phenoxy) is 12. The Hall–Kier alpha value is 0.540. The Morgan fingerprint density at radius 1 is 0.250 bits per heavy atom. The van der Waals surface area contributed by atoms with E-state index in [1.54, 1.807) is 0 Å². The van der Waals surface area contributed by atoms with E-state index < -0.39 is 0 Å². The largest absolute Gasteiger partial charge is 0.379 e. The Kier molecular flexibility index (Phi) is 44.1. The summed E-state index contributed by atoms with van der Waals surface area (Å²) >= 11 is 7.93. The maximum absolute atomic E-state index is 5.56. The second-order valence-corrected chi connectivity index (χ2v) is 10.6. The fraction of sp³-hybridized carbons (Fsp3) is 1.00. The molecule has 0 fully saturated rings. The summed E-state index contributed by atoms with van der Waals surface area (Å²) < 4.78 is 66.6. The molecule has 0 aliphatic rings. The highest BCUT2D eigenvalue weighted by molar-refractivity contribution is 14.1. The van der Waals surface area contributed by atoms with Gasteiger partial charge in [-0.25, -0.2) is 0 Å². The van der Waals surface area contributed by atoms with Crippen molar-refractivity contribution in [3.63, 3.8) is 0 Å². The summed E-state index contributed by atoms with van der Waals surface area (Å²) in [6, 6.07) is 0. The molecule has 12 nitrogen and oxygen atoms in total. The summed E-state index contributed by atoms with van der Waals surface area (Å²) in [4.78, 5) is 0. The SMILES string of the molecule is ClCCOCCOCCOCCOCCOCCOCCOCCOCCOCCOCCOCCOCCCCCCI. The van der Waals surface area contributed by atoms with Gasteiger partial charge >= 0.3 is 0 Å². The Labute approximate surface area is 284 Å². The molecule has 266 valence electrons. The summed E-state index contributed by atoms with van der Waals surface area (Å²) in [5.74, 6) is 0.499. The number of hydrogen-bond donors (Lipinski definition) is 0. The minimum atomic E-state index is 0.499. The van der Waals surface area contributed by atoms with Gasteiger partial charge in [-0.2, -0.15) is 0 Å². The molecule has 14 heteroatoms. The van der Waals surface area contributed by atoms with E-state index in [0.717, 1.165) is 13.0 Å². The van der Waals surface area contributed by atoms with Gasteiger partial charge in [-0.1, -0.05) is 35.4 Å². The monoisotopic (exact) mass is 774 g/mol. The molecule has 0 heterocycles. The first kappa shape index (κ1) is 44.5.